The normalized spacial score (nSPS) is 18.9. The summed E-state index contributed by atoms with van der Waals surface area (Å²) < 4.78 is 10.4. The van der Waals surface area contributed by atoms with Crippen LogP contribution in [0.5, 0.6) is 0 Å². The maximum absolute atomic E-state index is 5.29. The molecule has 1 aliphatic rings. The number of hydrogen-bond acceptors (Lipinski definition) is 5. The molecule has 0 radical (unpaired) electrons. The number of aryl methyl sites for hydroxylation is 1. The smallest absolute Gasteiger partial charge is 0.324 e. The highest BCUT2D eigenvalue weighted by atomic mass is 16.5. The van der Waals surface area contributed by atoms with Crippen LogP contribution in [0.2, 0.25) is 0 Å². The van der Waals surface area contributed by atoms with Crippen LogP contribution in [0.1, 0.15) is 18.7 Å². The van der Waals surface area contributed by atoms with Crippen molar-refractivity contribution < 1.29 is 9.26 Å². The maximum Gasteiger partial charge on any atom is 0.324 e. The molecular formula is C9H15N3O2. The maximum atomic E-state index is 5.29. The highest BCUT2D eigenvalue weighted by molar-refractivity contribution is 5.25. The van der Waals surface area contributed by atoms with E-state index in [9.17, 15) is 0 Å². The molecule has 1 aromatic heterocycles. The van der Waals surface area contributed by atoms with Crippen molar-refractivity contribution in [3.05, 3.63) is 5.82 Å². The lowest BCUT2D eigenvalue weighted by Gasteiger charge is -2.29. The third-order valence-corrected chi connectivity index (χ3v) is 2.56. The van der Waals surface area contributed by atoms with E-state index in [1.165, 1.54) is 0 Å². The summed E-state index contributed by atoms with van der Waals surface area (Å²) in [5, 5.41) is 3.77. The van der Waals surface area contributed by atoms with E-state index >= 15 is 0 Å². The Kier molecular flexibility index (Phi) is 2.67. The van der Waals surface area contributed by atoms with E-state index < -0.39 is 0 Å². The van der Waals surface area contributed by atoms with Crippen molar-refractivity contribution in [3.8, 4) is 0 Å². The van der Waals surface area contributed by atoms with Crippen molar-refractivity contribution in [2.45, 2.75) is 25.9 Å². The highest BCUT2D eigenvalue weighted by Gasteiger charge is 2.21. The molecule has 2 heterocycles. The van der Waals surface area contributed by atoms with Crippen LogP contribution < -0.4 is 4.90 Å². The molecule has 5 nitrogen and oxygen atoms in total. The number of ether oxygens (including phenoxy) is 1. The second-order valence-electron chi connectivity index (χ2n) is 3.55. The molecule has 14 heavy (non-hydrogen) atoms. The largest absolute Gasteiger partial charge is 0.381 e. The van der Waals surface area contributed by atoms with Crippen LogP contribution in [-0.2, 0) is 4.74 Å². The molecule has 0 atom stereocenters. The fourth-order valence-corrected chi connectivity index (χ4v) is 1.70. The van der Waals surface area contributed by atoms with Gasteiger partial charge in [0.25, 0.3) is 0 Å². The minimum atomic E-state index is 0.385. The van der Waals surface area contributed by atoms with Gasteiger partial charge in [-0.25, -0.2) is 0 Å². The standard InChI is InChI=1S/C9H15N3O2/c1-7-10-9(14-11-7)12-5-3-8(13-2)4-6-12/h8H,3-6H2,1-2H3. The average Bonchev–Trinajstić information content (AvgIpc) is 2.65. The summed E-state index contributed by atoms with van der Waals surface area (Å²) in [4.78, 5) is 6.30. The second kappa shape index (κ2) is 3.96. The van der Waals surface area contributed by atoms with Crippen LogP contribution in [0, 0.1) is 6.92 Å². The quantitative estimate of drug-likeness (QED) is 0.707. The van der Waals surface area contributed by atoms with Gasteiger partial charge in [0, 0.05) is 20.2 Å². The summed E-state index contributed by atoms with van der Waals surface area (Å²) in [6, 6.07) is 0.636. The lowest BCUT2D eigenvalue weighted by molar-refractivity contribution is 0.0808. The van der Waals surface area contributed by atoms with Gasteiger partial charge >= 0.3 is 6.01 Å². The zero-order chi connectivity index (χ0) is 9.97. The summed E-state index contributed by atoms with van der Waals surface area (Å²) in [7, 11) is 1.76. The van der Waals surface area contributed by atoms with E-state index in [4.69, 9.17) is 9.26 Å². The Bertz CT molecular complexity index is 292. The Morgan fingerprint density at radius 2 is 2.14 bits per heavy atom. The van der Waals surface area contributed by atoms with E-state index in [1.807, 2.05) is 6.92 Å². The molecule has 0 saturated carbocycles. The molecule has 0 N–H and O–H groups in total. The summed E-state index contributed by atoms with van der Waals surface area (Å²) in [6.45, 7) is 3.69. The molecule has 0 aromatic carbocycles. The van der Waals surface area contributed by atoms with E-state index in [0.717, 1.165) is 25.9 Å². The van der Waals surface area contributed by atoms with Crippen molar-refractivity contribution in [1.29, 1.82) is 0 Å². The van der Waals surface area contributed by atoms with Gasteiger partial charge in [0.05, 0.1) is 6.10 Å². The van der Waals surface area contributed by atoms with Gasteiger partial charge in [-0.05, 0) is 19.8 Å². The molecule has 0 amide bonds. The molecule has 78 valence electrons. The van der Waals surface area contributed by atoms with Gasteiger partial charge in [-0.3, -0.25) is 0 Å². The third-order valence-electron chi connectivity index (χ3n) is 2.56. The first kappa shape index (κ1) is 9.45. The average molecular weight is 197 g/mol. The molecule has 1 aliphatic heterocycles. The van der Waals surface area contributed by atoms with Crippen molar-refractivity contribution in [2.24, 2.45) is 0 Å². The van der Waals surface area contributed by atoms with E-state index in [0.29, 0.717) is 17.9 Å². The molecule has 0 bridgehead atoms. The lowest BCUT2D eigenvalue weighted by Crippen LogP contribution is -2.36. The van der Waals surface area contributed by atoms with E-state index in [2.05, 4.69) is 15.0 Å². The molecule has 1 saturated heterocycles. The number of rotatable bonds is 2. The monoisotopic (exact) mass is 197 g/mol. The van der Waals surface area contributed by atoms with Gasteiger partial charge in [-0.1, -0.05) is 5.16 Å². The fourth-order valence-electron chi connectivity index (χ4n) is 1.70. The van der Waals surface area contributed by atoms with E-state index in [-0.39, 0.29) is 0 Å². The topological polar surface area (TPSA) is 51.4 Å². The fraction of sp³-hybridized carbons (Fsp3) is 0.778. The minimum Gasteiger partial charge on any atom is -0.381 e. The van der Waals surface area contributed by atoms with Crippen molar-refractivity contribution in [1.82, 2.24) is 10.1 Å². The Labute approximate surface area is 83.0 Å². The highest BCUT2D eigenvalue weighted by Crippen LogP contribution is 2.18. The Morgan fingerprint density at radius 1 is 1.43 bits per heavy atom. The predicted octanol–water partition coefficient (Wildman–Crippen LogP) is 0.993. The SMILES string of the molecule is COC1CCN(c2nc(C)no2)CC1. The molecular weight excluding hydrogens is 182 g/mol. The van der Waals surface area contributed by atoms with Crippen molar-refractivity contribution in [3.63, 3.8) is 0 Å². The van der Waals surface area contributed by atoms with Crippen LogP contribution in [0.4, 0.5) is 6.01 Å². The summed E-state index contributed by atoms with van der Waals surface area (Å²) in [5.41, 5.74) is 0. The number of anilines is 1. The number of nitrogens with zero attached hydrogens (tertiary/aromatic N) is 3. The van der Waals surface area contributed by atoms with Gasteiger partial charge < -0.3 is 14.2 Å². The molecule has 0 aliphatic carbocycles. The molecule has 0 unspecified atom stereocenters. The minimum absolute atomic E-state index is 0.385. The number of aromatic nitrogens is 2. The Hall–Kier alpha value is -1.10. The van der Waals surface area contributed by atoms with Gasteiger partial charge in [0.2, 0.25) is 0 Å². The van der Waals surface area contributed by atoms with Crippen LogP contribution in [0.25, 0.3) is 0 Å². The van der Waals surface area contributed by atoms with E-state index in [1.54, 1.807) is 7.11 Å². The number of piperidine rings is 1. The van der Waals surface area contributed by atoms with Crippen molar-refractivity contribution >= 4 is 6.01 Å². The Morgan fingerprint density at radius 3 is 2.64 bits per heavy atom. The van der Waals surface area contributed by atoms with Crippen LogP contribution in [-0.4, -0.2) is 36.4 Å². The van der Waals surface area contributed by atoms with Crippen LogP contribution >= 0.6 is 0 Å². The summed E-state index contributed by atoms with van der Waals surface area (Å²) in [5.74, 6) is 0.689. The third kappa shape index (κ3) is 1.87. The first-order valence-electron chi connectivity index (χ1n) is 4.87. The van der Waals surface area contributed by atoms with Crippen LogP contribution in [0.15, 0.2) is 4.52 Å². The number of hydrogen-bond donors (Lipinski definition) is 0. The lowest BCUT2D eigenvalue weighted by atomic mass is 10.1. The Balaban J connectivity index is 1.95. The van der Waals surface area contributed by atoms with Gasteiger partial charge in [-0.2, -0.15) is 4.98 Å². The molecule has 5 heteroatoms. The first-order chi connectivity index (χ1) is 6.79. The van der Waals surface area contributed by atoms with Crippen molar-refractivity contribution in [2.75, 3.05) is 25.1 Å². The van der Waals surface area contributed by atoms with Gasteiger partial charge in [0.15, 0.2) is 5.82 Å². The molecule has 2 rings (SSSR count). The summed E-state index contributed by atoms with van der Waals surface area (Å²) >= 11 is 0. The summed E-state index contributed by atoms with van der Waals surface area (Å²) in [6.07, 6.45) is 2.44. The first-order valence-corrected chi connectivity index (χ1v) is 4.87. The zero-order valence-corrected chi connectivity index (χ0v) is 8.56. The molecule has 1 aromatic rings. The number of methoxy groups -OCH3 is 1. The van der Waals surface area contributed by atoms with Gasteiger partial charge in [-0.15, -0.1) is 0 Å². The van der Waals surface area contributed by atoms with Gasteiger partial charge in [0.1, 0.15) is 0 Å². The zero-order valence-electron chi connectivity index (χ0n) is 8.56. The van der Waals surface area contributed by atoms with Crippen LogP contribution in [0.3, 0.4) is 0 Å². The molecule has 1 fully saturated rings. The molecule has 0 spiro atoms. The predicted molar refractivity (Wildman–Crippen MR) is 51.3 cm³/mol. The second-order valence-corrected chi connectivity index (χ2v) is 3.55.